The van der Waals surface area contributed by atoms with Gasteiger partial charge in [0.15, 0.2) is 0 Å². The Morgan fingerprint density at radius 2 is 1.95 bits per heavy atom. The Morgan fingerprint density at radius 3 is 2.53 bits per heavy atom. The van der Waals surface area contributed by atoms with Gasteiger partial charge >= 0.3 is 6.03 Å². The van der Waals surface area contributed by atoms with Crippen molar-refractivity contribution in [3.05, 3.63) is 27.7 Å². The zero-order valence-electron chi connectivity index (χ0n) is 9.57. The van der Waals surface area contributed by atoms with Crippen LogP contribution in [-0.4, -0.2) is 17.8 Å². The number of carbonyl (C=O) groups is 3. The van der Waals surface area contributed by atoms with Crippen LogP contribution in [0.5, 0.6) is 0 Å². The van der Waals surface area contributed by atoms with Crippen molar-refractivity contribution in [1.29, 1.82) is 0 Å². The molecule has 0 atom stereocenters. The Bertz CT molecular complexity index is 627. The van der Waals surface area contributed by atoms with Gasteiger partial charge in [-0.15, -0.1) is 0 Å². The maximum absolute atomic E-state index is 12.3. The first-order chi connectivity index (χ1) is 8.95. The molecule has 7 heteroatoms. The third-order valence-corrected chi connectivity index (χ3v) is 4.17. The van der Waals surface area contributed by atoms with Crippen molar-refractivity contribution in [2.24, 2.45) is 5.41 Å². The van der Waals surface area contributed by atoms with Crippen LogP contribution in [0.3, 0.4) is 0 Å². The van der Waals surface area contributed by atoms with Gasteiger partial charge in [-0.05, 0) is 31.0 Å². The summed E-state index contributed by atoms with van der Waals surface area (Å²) in [7, 11) is 0. The zero-order valence-corrected chi connectivity index (χ0v) is 11.9. The van der Waals surface area contributed by atoms with Crippen LogP contribution in [0.15, 0.2) is 22.7 Å². The second kappa shape index (κ2) is 4.05. The highest BCUT2D eigenvalue weighted by atomic mass is 79.9. The second-order valence-electron chi connectivity index (χ2n) is 4.58. The lowest BCUT2D eigenvalue weighted by atomic mass is 10.0. The Labute approximate surface area is 122 Å². The van der Waals surface area contributed by atoms with Crippen LogP contribution in [0.25, 0.3) is 0 Å². The molecule has 1 saturated carbocycles. The first kappa shape index (κ1) is 12.6. The van der Waals surface area contributed by atoms with Gasteiger partial charge in [0.05, 0.1) is 10.7 Å². The number of hydrogen-bond acceptors (Lipinski definition) is 3. The lowest BCUT2D eigenvalue weighted by Crippen LogP contribution is -2.59. The molecule has 19 heavy (non-hydrogen) atoms. The summed E-state index contributed by atoms with van der Waals surface area (Å²) in [5.41, 5.74) is -0.782. The van der Waals surface area contributed by atoms with Gasteiger partial charge in [0.25, 0.3) is 5.91 Å². The maximum Gasteiger partial charge on any atom is 0.335 e. The summed E-state index contributed by atoms with van der Waals surface area (Å²) in [6.07, 6.45) is 0.936. The molecule has 0 bridgehead atoms. The van der Waals surface area contributed by atoms with Crippen LogP contribution >= 0.6 is 27.5 Å². The van der Waals surface area contributed by atoms with Crippen molar-refractivity contribution in [1.82, 2.24) is 5.32 Å². The number of amides is 4. The molecular formula is C12H8BrClN2O3. The summed E-state index contributed by atoms with van der Waals surface area (Å²) in [5, 5.41) is 2.48. The average Bonchev–Trinajstić information content (AvgIpc) is 3.11. The monoisotopic (exact) mass is 342 g/mol. The Kier molecular flexibility index (Phi) is 2.69. The highest BCUT2D eigenvalue weighted by Gasteiger charge is 2.62. The smallest absolute Gasteiger partial charge is 0.276 e. The molecule has 3 rings (SSSR count). The van der Waals surface area contributed by atoms with Crippen molar-refractivity contribution < 1.29 is 14.4 Å². The molecule has 0 aromatic heterocycles. The minimum absolute atomic E-state index is 0.267. The van der Waals surface area contributed by atoms with Gasteiger partial charge in [0.1, 0.15) is 5.41 Å². The molecule has 2 aliphatic rings. The highest BCUT2D eigenvalue weighted by molar-refractivity contribution is 9.10. The lowest BCUT2D eigenvalue weighted by Gasteiger charge is -2.30. The summed E-state index contributed by atoms with van der Waals surface area (Å²) < 4.78 is 0.739. The summed E-state index contributed by atoms with van der Waals surface area (Å²) in [4.78, 5) is 36.9. The number of benzene rings is 1. The number of barbiturate groups is 1. The first-order valence-corrected chi connectivity index (χ1v) is 6.78. The lowest BCUT2D eigenvalue weighted by molar-refractivity contribution is -0.136. The summed E-state index contributed by atoms with van der Waals surface area (Å²) >= 11 is 9.31. The van der Waals surface area contributed by atoms with Gasteiger partial charge in [0.2, 0.25) is 5.91 Å². The molecule has 0 radical (unpaired) electrons. The van der Waals surface area contributed by atoms with Gasteiger partial charge in [0, 0.05) is 4.47 Å². The van der Waals surface area contributed by atoms with Crippen molar-refractivity contribution >= 4 is 51.1 Å². The predicted molar refractivity (Wildman–Crippen MR) is 71.8 cm³/mol. The van der Waals surface area contributed by atoms with E-state index in [1.54, 1.807) is 18.2 Å². The molecule has 1 aliphatic carbocycles. The van der Waals surface area contributed by atoms with E-state index in [1.165, 1.54) is 0 Å². The number of anilines is 1. The van der Waals surface area contributed by atoms with Gasteiger partial charge < -0.3 is 0 Å². The molecule has 1 saturated heterocycles. The van der Waals surface area contributed by atoms with E-state index in [0.717, 1.165) is 9.37 Å². The van der Waals surface area contributed by atoms with Crippen LogP contribution in [0.1, 0.15) is 12.8 Å². The third kappa shape index (κ3) is 1.78. The van der Waals surface area contributed by atoms with E-state index in [4.69, 9.17) is 11.6 Å². The zero-order chi connectivity index (χ0) is 13.8. The maximum atomic E-state index is 12.3. The van der Waals surface area contributed by atoms with E-state index in [1.807, 2.05) is 0 Å². The van der Waals surface area contributed by atoms with Crippen LogP contribution in [0.4, 0.5) is 10.5 Å². The SMILES string of the molecule is O=C1NC(=O)C2(CC2)C(=O)N1c1ccc(Br)cc1Cl. The van der Waals surface area contributed by atoms with Crippen molar-refractivity contribution in [3.63, 3.8) is 0 Å². The molecule has 2 fully saturated rings. The van der Waals surface area contributed by atoms with Crippen LogP contribution in [0, 0.1) is 5.41 Å². The van der Waals surface area contributed by atoms with Crippen LogP contribution in [0.2, 0.25) is 5.02 Å². The first-order valence-electron chi connectivity index (χ1n) is 5.61. The Balaban J connectivity index is 2.06. The molecule has 1 aromatic rings. The number of nitrogens with one attached hydrogen (secondary N) is 1. The summed E-state index contributed by atoms with van der Waals surface area (Å²) in [6.45, 7) is 0. The minimum Gasteiger partial charge on any atom is -0.276 e. The van der Waals surface area contributed by atoms with Crippen LogP contribution in [-0.2, 0) is 9.59 Å². The molecule has 5 nitrogen and oxygen atoms in total. The number of halogens is 2. The van der Waals surface area contributed by atoms with Gasteiger partial charge in [-0.2, -0.15) is 0 Å². The summed E-state index contributed by atoms with van der Waals surface area (Å²) in [6, 6.07) is 4.08. The Morgan fingerprint density at radius 1 is 1.26 bits per heavy atom. The Hall–Kier alpha value is -1.40. The number of rotatable bonds is 1. The minimum atomic E-state index is -1.07. The van der Waals surface area contributed by atoms with Gasteiger partial charge in [-0.1, -0.05) is 27.5 Å². The van der Waals surface area contributed by atoms with Crippen molar-refractivity contribution in [2.45, 2.75) is 12.8 Å². The van der Waals surface area contributed by atoms with E-state index in [2.05, 4.69) is 21.2 Å². The number of hydrogen-bond donors (Lipinski definition) is 1. The number of carbonyl (C=O) groups excluding carboxylic acids is 3. The van der Waals surface area contributed by atoms with E-state index >= 15 is 0 Å². The second-order valence-corrected chi connectivity index (χ2v) is 5.90. The number of nitrogens with zero attached hydrogens (tertiary/aromatic N) is 1. The molecule has 1 spiro atoms. The normalized spacial score (nSPS) is 20.7. The molecule has 0 unspecified atom stereocenters. The standard InChI is InChI=1S/C12H8BrClN2O3/c13-6-1-2-8(7(14)5-6)16-10(18)12(3-4-12)9(17)15-11(16)19/h1-2,5H,3-4H2,(H,15,17,19). The van der Waals surface area contributed by atoms with Crippen molar-refractivity contribution in [3.8, 4) is 0 Å². The number of urea groups is 1. The molecular weight excluding hydrogens is 336 g/mol. The fourth-order valence-electron chi connectivity index (χ4n) is 2.12. The average molecular weight is 344 g/mol. The molecule has 1 aliphatic heterocycles. The molecule has 1 N–H and O–H groups in total. The molecule has 1 aromatic carbocycles. The number of imide groups is 2. The topological polar surface area (TPSA) is 66.5 Å². The largest absolute Gasteiger partial charge is 0.335 e. The quantitative estimate of drug-likeness (QED) is 0.797. The predicted octanol–water partition coefficient (Wildman–Crippen LogP) is 2.47. The third-order valence-electron chi connectivity index (χ3n) is 3.37. The summed E-state index contributed by atoms with van der Waals surface area (Å²) in [5.74, 6) is -1.00. The fraction of sp³-hybridized carbons (Fsp3) is 0.250. The van der Waals surface area contributed by atoms with E-state index in [0.29, 0.717) is 12.8 Å². The van der Waals surface area contributed by atoms with E-state index in [9.17, 15) is 14.4 Å². The van der Waals surface area contributed by atoms with Crippen LogP contribution < -0.4 is 10.2 Å². The van der Waals surface area contributed by atoms with E-state index < -0.39 is 23.3 Å². The highest BCUT2D eigenvalue weighted by Crippen LogP contribution is 2.50. The van der Waals surface area contributed by atoms with Crippen molar-refractivity contribution in [2.75, 3.05) is 4.90 Å². The van der Waals surface area contributed by atoms with Gasteiger partial charge in [-0.25, -0.2) is 9.69 Å². The molecule has 98 valence electrons. The molecule has 4 amide bonds. The van der Waals surface area contributed by atoms with Gasteiger partial charge in [-0.3, -0.25) is 14.9 Å². The molecule has 1 heterocycles. The van der Waals surface area contributed by atoms with E-state index in [-0.39, 0.29) is 10.7 Å². The fourth-order valence-corrected chi connectivity index (χ4v) is 2.88.